The maximum Gasteiger partial charge on any atom is 0.325 e. The second kappa shape index (κ2) is 12.8. The van der Waals surface area contributed by atoms with Gasteiger partial charge in [-0.05, 0) is 24.5 Å². The maximum atomic E-state index is 12.9. The molecule has 0 fully saturated rings. The molecule has 0 bridgehead atoms. The second-order valence-corrected chi connectivity index (χ2v) is 7.14. The van der Waals surface area contributed by atoms with E-state index in [2.05, 4.69) is 26.0 Å². The fraction of sp³-hybridized carbons (Fsp3) is 0.474. The summed E-state index contributed by atoms with van der Waals surface area (Å²) in [5.41, 5.74) is 5.47. The molecule has 13 nitrogen and oxygen atoms in total. The van der Waals surface area contributed by atoms with Gasteiger partial charge in [-0.2, -0.15) is 0 Å². The fourth-order valence-corrected chi connectivity index (χ4v) is 2.55. The number of benzene rings is 1. The Hall–Kier alpha value is -3.74. The number of nitrogens with zero attached hydrogens (tertiary/aromatic N) is 1. The summed E-state index contributed by atoms with van der Waals surface area (Å²) in [6, 6.07) is 4.18. The van der Waals surface area contributed by atoms with E-state index in [-0.39, 0.29) is 31.1 Å². The molecule has 0 aliphatic rings. The van der Waals surface area contributed by atoms with Crippen molar-refractivity contribution in [2.45, 2.75) is 32.5 Å². The predicted molar refractivity (Wildman–Crippen MR) is 114 cm³/mol. The Morgan fingerprint density at radius 3 is 2.22 bits per heavy atom. The van der Waals surface area contributed by atoms with Crippen LogP contribution >= 0.6 is 0 Å². The molecule has 1 aromatic carbocycles. The quantitative estimate of drug-likeness (QED) is 0.117. The summed E-state index contributed by atoms with van der Waals surface area (Å²) >= 11 is 0. The zero-order valence-corrected chi connectivity index (χ0v) is 18.0. The predicted octanol–water partition coefficient (Wildman–Crippen LogP) is -0.772. The van der Waals surface area contributed by atoms with Crippen LogP contribution in [-0.4, -0.2) is 61.0 Å². The molecule has 0 spiro atoms. The minimum absolute atomic E-state index is 0.0175. The van der Waals surface area contributed by atoms with Crippen molar-refractivity contribution in [2.75, 3.05) is 25.5 Å². The molecule has 0 aromatic heterocycles. The molecule has 0 radical (unpaired) electrons. The highest BCUT2D eigenvalue weighted by molar-refractivity contribution is 5.94. The number of anilines is 1. The first-order chi connectivity index (χ1) is 15.1. The van der Waals surface area contributed by atoms with Crippen molar-refractivity contribution >= 4 is 35.1 Å². The third-order valence-corrected chi connectivity index (χ3v) is 4.12. The van der Waals surface area contributed by atoms with Crippen LogP contribution in [0.15, 0.2) is 24.3 Å². The summed E-state index contributed by atoms with van der Waals surface area (Å²) in [6.45, 7) is 2.93. The summed E-state index contributed by atoms with van der Waals surface area (Å²) in [6.07, 6.45) is -1.07. The summed E-state index contributed by atoms with van der Waals surface area (Å²) in [4.78, 5) is 58.6. The maximum absolute atomic E-state index is 12.9. The van der Waals surface area contributed by atoms with E-state index in [1.165, 1.54) is 31.4 Å². The summed E-state index contributed by atoms with van der Waals surface area (Å²) < 4.78 is 4.47. The molecule has 0 unspecified atom stereocenters. The van der Waals surface area contributed by atoms with Crippen molar-refractivity contribution in [3.8, 4) is 0 Å². The van der Waals surface area contributed by atoms with Gasteiger partial charge in [0.1, 0.15) is 12.6 Å². The lowest BCUT2D eigenvalue weighted by molar-refractivity contribution is -0.384. The van der Waals surface area contributed by atoms with Crippen molar-refractivity contribution in [1.29, 1.82) is 0 Å². The zero-order chi connectivity index (χ0) is 24.3. The van der Waals surface area contributed by atoms with Gasteiger partial charge in [0, 0.05) is 17.8 Å². The van der Waals surface area contributed by atoms with Crippen LogP contribution in [0.3, 0.4) is 0 Å². The zero-order valence-electron chi connectivity index (χ0n) is 18.0. The van der Waals surface area contributed by atoms with Crippen LogP contribution in [0.5, 0.6) is 0 Å². The Labute approximate surface area is 184 Å². The average Bonchev–Trinajstić information content (AvgIpc) is 2.75. The number of esters is 1. The topological polar surface area (TPSA) is 195 Å². The lowest BCUT2D eigenvalue weighted by Crippen LogP contribution is -2.57. The lowest BCUT2D eigenvalue weighted by Gasteiger charge is -2.25. The fourth-order valence-electron chi connectivity index (χ4n) is 2.55. The minimum atomic E-state index is -1.32. The van der Waals surface area contributed by atoms with Crippen molar-refractivity contribution in [2.24, 2.45) is 11.7 Å². The SMILES string of the molecule is COC(=O)CNC(=O)[C@H](CC(C)C)NC(=O)[C@@H](NC(=O)CN)Nc1ccc([N+](=O)[O-])cc1. The smallest absolute Gasteiger partial charge is 0.325 e. The van der Waals surface area contributed by atoms with E-state index in [4.69, 9.17) is 5.73 Å². The molecule has 0 saturated carbocycles. The van der Waals surface area contributed by atoms with E-state index in [0.29, 0.717) is 5.69 Å². The third-order valence-electron chi connectivity index (χ3n) is 4.12. The molecule has 32 heavy (non-hydrogen) atoms. The van der Waals surface area contributed by atoms with Gasteiger partial charge in [-0.3, -0.25) is 29.3 Å². The third kappa shape index (κ3) is 8.95. The number of carbonyl (C=O) groups is 4. The summed E-state index contributed by atoms with van der Waals surface area (Å²) in [7, 11) is 1.18. The molecule has 1 aromatic rings. The number of nitrogens with two attached hydrogens (primary N) is 1. The molecule has 13 heteroatoms. The molecule has 0 aliphatic carbocycles. The lowest BCUT2D eigenvalue weighted by atomic mass is 10.0. The van der Waals surface area contributed by atoms with Gasteiger partial charge in [-0.15, -0.1) is 0 Å². The average molecular weight is 452 g/mol. The van der Waals surface area contributed by atoms with Crippen LogP contribution in [0.25, 0.3) is 0 Å². The highest BCUT2D eigenvalue weighted by Gasteiger charge is 2.27. The number of rotatable bonds is 12. The van der Waals surface area contributed by atoms with Crippen LogP contribution in [0.4, 0.5) is 11.4 Å². The number of methoxy groups -OCH3 is 1. The molecule has 2 atom stereocenters. The Kier molecular flexibility index (Phi) is 10.6. The van der Waals surface area contributed by atoms with E-state index in [0.717, 1.165) is 0 Å². The van der Waals surface area contributed by atoms with Gasteiger partial charge < -0.3 is 31.7 Å². The Balaban J connectivity index is 2.98. The number of ether oxygens (including phenoxy) is 1. The number of nitro groups is 1. The molecule has 1 rings (SSSR count). The van der Waals surface area contributed by atoms with E-state index < -0.39 is 40.8 Å². The number of hydrogen-bond donors (Lipinski definition) is 5. The summed E-state index contributed by atoms with van der Waals surface area (Å²) in [5.74, 6) is -2.62. The van der Waals surface area contributed by atoms with Crippen molar-refractivity contribution in [3.63, 3.8) is 0 Å². The van der Waals surface area contributed by atoms with E-state index in [1.807, 2.05) is 13.8 Å². The van der Waals surface area contributed by atoms with Crippen molar-refractivity contribution in [1.82, 2.24) is 16.0 Å². The molecular weight excluding hydrogens is 424 g/mol. The molecule has 6 N–H and O–H groups in total. The number of nitrogens with one attached hydrogen (secondary N) is 4. The van der Waals surface area contributed by atoms with Crippen LogP contribution in [0.2, 0.25) is 0 Å². The number of hydrogen-bond acceptors (Lipinski definition) is 9. The Morgan fingerprint density at radius 1 is 1.09 bits per heavy atom. The standard InChI is InChI=1S/C19H28N6O7/c1-11(2)8-14(18(28)21-10-16(27)32-3)23-19(29)17(24-15(26)9-20)22-12-4-6-13(7-5-12)25(30)31/h4-7,11,14,17,22H,8-10,20H2,1-3H3,(H,21,28)(H,23,29)(H,24,26)/t14-,17+/m0/s1. The largest absolute Gasteiger partial charge is 0.468 e. The van der Waals surface area contributed by atoms with Gasteiger partial charge in [0.25, 0.3) is 11.6 Å². The summed E-state index contributed by atoms with van der Waals surface area (Å²) in [5, 5.41) is 20.8. The molecule has 3 amide bonds. The first-order valence-electron chi connectivity index (χ1n) is 9.72. The van der Waals surface area contributed by atoms with Crippen LogP contribution in [0.1, 0.15) is 20.3 Å². The van der Waals surface area contributed by atoms with Gasteiger partial charge in [0.2, 0.25) is 11.8 Å². The van der Waals surface area contributed by atoms with Crippen LogP contribution in [-0.2, 0) is 23.9 Å². The molecule has 0 saturated heterocycles. The number of non-ortho nitro benzene ring substituents is 1. The van der Waals surface area contributed by atoms with Gasteiger partial charge in [-0.1, -0.05) is 13.8 Å². The van der Waals surface area contributed by atoms with Gasteiger partial charge in [0.15, 0.2) is 6.17 Å². The number of carbonyl (C=O) groups excluding carboxylic acids is 4. The molecule has 0 heterocycles. The second-order valence-electron chi connectivity index (χ2n) is 7.14. The van der Waals surface area contributed by atoms with Gasteiger partial charge in [-0.25, -0.2) is 0 Å². The van der Waals surface area contributed by atoms with Crippen molar-refractivity contribution < 1.29 is 28.8 Å². The van der Waals surface area contributed by atoms with E-state index in [1.54, 1.807) is 0 Å². The Morgan fingerprint density at radius 2 is 1.72 bits per heavy atom. The number of nitro benzene ring substituents is 1. The van der Waals surface area contributed by atoms with Crippen LogP contribution < -0.4 is 27.0 Å². The van der Waals surface area contributed by atoms with Gasteiger partial charge in [0.05, 0.1) is 18.6 Å². The Bertz CT molecular complexity index is 828. The van der Waals surface area contributed by atoms with Crippen molar-refractivity contribution in [3.05, 3.63) is 34.4 Å². The van der Waals surface area contributed by atoms with E-state index >= 15 is 0 Å². The molecular formula is C19H28N6O7. The number of amides is 3. The molecule has 176 valence electrons. The van der Waals surface area contributed by atoms with Crippen LogP contribution in [0, 0.1) is 16.0 Å². The normalized spacial score (nSPS) is 12.3. The first kappa shape index (κ1) is 26.3. The molecule has 0 aliphatic heterocycles. The monoisotopic (exact) mass is 452 g/mol. The highest BCUT2D eigenvalue weighted by Crippen LogP contribution is 2.16. The van der Waals surface area contributed by atoms with Gasteiger partial charge >= 0.3 is 5.97 Å². The highest BCUT2D eigenvalue weighted by atomic mass is 16.6. The first-order valence-corrected chi connectivity index (χ1v) is 9.72. The minimum Gasteiger partial charge on any atom is -0.468 e. The van der Waals surface area contributed by atoms with E-state index in [9.17, 15) is 29.3 Å².